The Balaban J connectivity index is 0.00000256. The minimum absolute atomic E-state index is 0. The van der Waals surface area contributed by atoms with Crippen molar-refractivity contribution in [3.63, 3.8) is 0 Å². The first-order chi connectivity index (χ1) is 7.21. The van der Waals surface area contributed by atoms with E-state index < -0.39 is 24.5 Å². The van der Waals surface area contributed by atoms with Gasteiger partial charge in [-0.3, -0.25) is 0 Å². The van der Waals surface area contributed by atoms with Gasteiger partial charge in [0.2, 0.25) is 0 Å². The molecule has 0 spiro atoms. The van der Waals surface area contributed by atoms with Gasteiger partial charge in [-0.1, -0.05) is 30.3 Å². The van der Waals surface area contributed by atoms with Crippen LogP contribution < -0.4 is 0 Å². The van der Waals surface area contributed by atoms with Crippen LogP contribution >= 0.6 is 0 Å². The summed E-state index contributed by atoms with van der Waals surface area (Å²) in [6.45, 7) is 0. The van der Waals surface area contributed by atoms with E-state index in [0.29, 0.717) is 6.08 Å². The molecule has 0 radical (unpaired) electrons. The molecule has 0 saturated carbocycles. The SMILES string of the molecule is O=S(=O)([O-])C(=Cc1ccccc1)S(=O)(=O)[O-].[Ca+2]. The Kier molecular flexibility index (Phi) is 6.29. The summed E-state index contributed by atoms with van der Waals surface area (Å²) in [5.41, 5.74) is 0.136. The van der Waals surface area contributed by atoms with Gasteiger partial charge in [0.15, 0.2) is 0 Å². The number of hydrogen-bond acceptors (Lipinski definition) is 6. The monoisotopic (exact) mass is 302 g/mol. The molecular formula is C8H6CaO6S2. The molecule has 0 fully saturated rings. The van der Waals surface area contributed by atoms with Crippen molar-refractivity contribution in [1.82, 2.24) is 0 Å². The van der Waals surface area contributed by atoms with Crippen LogP contribution in [0.4, 0.5) is 0 Å². The summed E-state index contributed by atoms with van der Waals surface area (Å²) in [6, 6.07) is 7.32. The second-order valence-electron chi connectivity index (χ2n) is 2.78. The van der Waals surface area contributed by atoms with Crippen molar-refractivity contribution in [3.05, 3.63) is 40.1 Å². The van der Waals surface area contributed by atoms with Gasteiger partial charge in [0.05, 0.1) is 0 Å². The second kappa shape index (κ2) is 6.28. The van der Waals surface area contributed by atoms with E-state index in [2.05, 4.69) is 0 Å². The van der Waals surface area contributed by atoms with Crippen LogP contribution in [0, 0.1) is 0 Å². The smallest absolute Gasteiger partial charge is 0.744 e. The van der Waals surface area contributed by atoms with Gasteiger partial charge in [0.25, 0.3) is 0 Å². The number of rotatable bonds is 3. The maximum atomic E-state index is 10.6. The molecule has 0 aliphatic heterocycles. The molecule has 0 amide bonds. The van der Waals surface area contributed by atoms with E-state index in [1.807, 2.05) is 0 Å². The molecule has 0 unspecified atom stereocenters. The molecule has 1 aromatic rings. The van der Waals surface area contributed by atoms with Crippen LogP contribution in [-0.4, -0.2) is 63.7 Å². The van der Waals surface area contributed by atoms with E-state index in [-0.39, 0.29) is 43.3 Å². The molecule has 0 aliphatic rings. The molecule has 0 bridgehead atoms. The van der Waals surface area contributed by atoms with Crippen LogP contribution in [0.5, 0.6) is 0 Å². The standard InChI is InChI=1S/C8H8O6S2.Ca/c9-15(10,11)8(16(12,13)14)6-7-4-2-1-3-5-7;/h1-6H,(H,9,10,11)(H,12,13,14);/q;+2/p-2. The summed E-state index contributed by atoms with van der Waals surface area (Å²) in [4.78, 5) is 0. The van der Waals surface area contributed by atoms with Crippen LogP contribution in [-0.2, 0) is 20.2 Å². The molecule has 1 rings (SSSR count). The normalized spacial score (nSPS) is 11.4. The van der Waals surface area contributed by atoms with Crippen molar-refractivity contribution in [2.24, 2.45) is 0 Å². The van der Waals surface area contributed by atoms with Gasteiger partial charge >= 0.3 is 37.7 Å². The first-order valence-electron chi connectivity index (χ1n) is 3.90. The molecule has 9 heteroatoms. The summed E-state index contributed by atoms with van der Waals surface area (Å²) in [7, 11) is -10.6. The van der Waals surface area contributed by atoms with E-state index in [4.69, 9.17) is 0 Å². The minimum atomic E-state index is -5.31. The van der Waals surface area contributed by atoms with Gasteiger partial charge in [0, 0.05) is 0 Å². The van der Waals surface area contributed by atoms with Crippen molar-refractivity contribution < 1.29 is 25.9 Å². The fourth-order valence-electron chi connectivity index (χ4n) is 0.955. The van der Waals surface area contributed by atoms with E-state index in [0.717, 1.165) is 0 Å². The Bertz CT molecular complexity index is 569. The molecule has 6 nitrogen and oxygen atoms in total. The van der Waals surface area contributed by atoms with Gasteiger partial charge in [-0.05, 0) is 11.6 Å². The van der Waals surface area contributed by atoms with E-state index in [9.17, 15) is 25.9 Å². The van der Waals surface area contributed by atoms with Gasteiger partial charge in [-0.25, -0.2) is 16.8 Å². The number of hydrogen-bond donors (Lipinski definition) is 0. The van der Waals surface area contributed by atoms with E-state index in [1.165, 1.54) is 24.3 Å². The zero-order chi connectivity index (χ0) is 12.4. The summed E-state index contributed by atoms with van der Waals surface area (Å²) in [5, 5.41) is 0. The number of benzene rings is 1. The third kappa shape index (κ3) is 5.47. The van der Waals surface area contributed by atoms with Gasteiger partial charge in [-0.2, -0.15) is 0 Å². The molecule has 88 valence electrons. The maximum Gasteiger partial charge on any atom is 2.00 e. The molecular weight excluding hydrogens is 296 g/mol. The van der Waals surface area contributed by atoms with Crippen molar-refractivity contribution in [1.29, 1.82) is 0 Å². The third-order valence-electron chi connectivity index (χ3n) is 1.58. The van der Waals surface area contributed by atoms with E-state index in [1.54, 1.807) is 6.07 Å². The van der Waals surface area contributed by atoms with Gasteiger partial charge < -0.3 is 9.11 Å². The summed E-state index contributed by atoms with van der Waals surface area (Å²) in [5.74, 6) is 0. The third-order valence-corrected chi connectivity index (χ3v) is 4.02. The predicted octanol–water partition coefficient (Wildman–Crippen LogP) is -0.305. The van der Waals surface area contributed by atoms with Crippen molar-refractivity contribution in [3.8, 4) is 0 Å². The zero-order valence-electron chi connectivity index (χ0n) is 8.44. The Labute approximate surface area is 129 Å². The maximum absolute atomic E-state index is 10.6. The molecule has 1 aromatic carbocycles. The van der Waals surface area contributed by atoms with Crippen LogP contribution in [0.25, 0.3) is 6.08 Å². The molecule has 0 saturated heterocycles. The Morgan fingerprint density at radius 2 is 1.35 bits per heavy atom. The molecule has 17 heavy (non-hydrogen) atoms. The van der Waals surface area contributed by atoms with Crippen LogP contribution in [0.15, 0.2) is 34.6 Å². The molecule has 0 heterocycles. The summed E-state index contributed by atoms with van der Waals surface area (Å²) < 4.78 is 61.8. The predicted molar refractivity (Wildman–Crippen MR) is 59.6 cm³/mol. The molecule has 0 N–H and O–H groups in total. The van der Waals surface area contributed by atoms with Gasteiger partial charge in [0.1, 0.15) is 24.5 Å². The van der Waals surface area contributed by atoms with Crippen molar-refractivity contribution >= 4 is 64.1 Å². The molecule has 0 aromatic heterocycles. The van der Waals surface area contributed by atoms with E-state index >= 15 is 0 Å². The van der Waals surface area contributed by atoms with Crippen LogP contribution in [0.2, 0.25) is 0 Å². The van der Waals surface area contributed by atoms with Crippen molar-refractivity contribution in [2.45, 2.75) is 0 Å². The fraction of sp³-hybridized carbons (Fsp3) is 0. The average molecular weight is 302 g/mol. The molecule has 0 atom stereocenters. The minimum Gasteiger partial charge on any atom is -0.744 e. The van der Waals surface area contributed by atoms with Crippen LogP contribution in [0.3, 0.4) is 0 Å². The Morgan fingerprint density at radius 3 is 1.71 bits per heavy atom. The quantitative estimate of drug-likeness (QED) is 0.559. The Morgan fingerprint density at radius 1 is 0.941 bits per heavy atom. The Hall–Kier alpha value is 0.0397. The average Bonchev–Trinajstić information content (AvgIpc) is 2.12. The van der Waals surface area contributed by atoms with Gasteiger partial charge in [-0.15, -0.1) is 0 Å². The van der Waals surface area contributed by atoms with Crippen molar-refractivity contribution in [2.75, 3.05) is 0 Å². The first kappa shape index (κ1) is 17.0. The van der Waals surface area contributed by atoms with Crippen LogP contribution in [0.1, 0.15) is 5.56 Å². The fourth-order valence-corrected chi connectivity index (χ4v) is 2.52. The largest absolute Gasteiger partial charge is 2.00 e. The second-order valence-corrected chi connectivity index (χ2v) is 5.74. The topological polar surface area (TPSA) is 114 Å². The zero-order valence-corrected chi connectivity index (χ0v) is 12.3. The molecule has 0 aliphatic carbocycles. The first-order valence-corrected chi connectivity index (χ1v) is 6.71. The summed E-state index contributed by atoms with van der Waals surface area (Å²) in [6.07, 6.45) is 0.532. The summed E-state index contributed by atoms with van der Waals surface area (Å²) >= 11 is 0.